The van der Waals surface area contributed by atoms with Crippen LogP contribution in [-0.4, -0.2) is 47.9 Å². The van der Waals surface area contributed by atoms with E-state index in [1.165, 1.54) is 11.8 Å². The molecule has 1 rings (SSSR count). The van der Waals surface area contributed by atoms with Crippen LogP contribution in [0, 0.1) is 5.41 Å². The van der Waals surface area contributed by atoms with Crippen LogP contribution < -0.4 is 5.32 Å². The van der Waals surface area contributed by atoms with Crippen molar-refractivity contribution in [1.82, 2.24) is 10.2 Å². The Labute approximate surface area is 93.6 Å². The molecule has 1 aliphatic rings. The lowest BCUT2D eigenvalue weighted by Crippen LogP contribution is -2.48. The van der Waals surface area contributed by atoms with E-state index < -0.39 is 23.3 Å². The van der Waals surface area contributed by atoms with E-state index in [1.54, 1.807) is 14.1 Å². The number of carbonyl (C=O) groups is 3. The molecule has 0 aliphatic heterocycles. The van der Waals surface area contributed by atoms with Gasteiger partial charge >= 0.3 is 5.97 Å². The van der Waals surface area contributed by atoms with E-state index in [0.29, 0.717) is 12.8 Å². The van der Waals surface area contributed by atoms with E-state index in [9.17, 15) is 14.4 Å². The highest BCUT2D eigenvalue weighted by Crippen LogP contribution is 2.46. The summed E-state index contributed by atoms with van der Waals surface area (Å²) >= 11 is 0. The van der Waals surface area contributed by atoms with Crippen molar-refractivity contribution in [3.05, 3.63) is 0 Å². The summed E-state index contributed by atoms with van der Waals surface area (Å²) in [5.74, 6) is -1.94. The molecule has 0 aromatic heterocycles. The summed E-state index contributed by atoms with van der Waals surface area (Å²) in [7, 11) is 3.16. The van der Waals surface area contributed by atoms with Crippen molar-refractivity contribution in [2.75, 3.05) is 14.1 Å². The van der Waals surface area contributed by atoms with Crippen LogP contribution in [0.15, 0.2) is 0 Å². The van der Waals surface area contributed by atoms with E-state index in [0.717, 1.165) is 0 Å². The molecule has 6 nitrogen and oxygen atoms in total. The SMILES string of the molecule is CC(NC(=O)C1(C(=O)O)CC1)C(=O)N(C)C. The van der Waals surface area contributed by atoms with Crippen LogP contribution in [0.4, 0.5) is 0 Å². The molecule has 1 unspecified atom stereocenters. The van der Waals surface area contributed by atoms with Gasteiger partial charge < -0.3 is 15.3 Å². The molecule has 1 aliphatic carbocycles. The molecule has 0 saturated heterocycles. The number of rotatable bonds is 4. The van der Waals surface area contributed by atoms with E-state index in [4.69, 9.17) is 5.11 Å². The Kier molecular flexibility index (Phi) is 3.21. The number of amides is 2. The fourth-order valence-corrected chi connectivity index (χ4v) is 1.45. The Bertz CT molecular complexity index is 334. The first kappa shape index (κ1) is 12.5. The fourth-order valence-electron chi connectivity index (χ4n) is 1.45. The second-order valence-corrected chi connectivity index (χ2v) is 4.32. The van der Waals surface area contributed by atoms with Crippen LogP contribution in [-0.2, 0) is 14.4 Å². The zero-order chi connectivity index (χ0) is 12.5. The number of nitrogens with zero attached hydrogens (tertiary/aromatic N) is 1. The molecule has 2 N–H and O–H groups in total. The molecule has 1 saturated carbocycles. The zero-order valence-electron chi connectivity index (χ0n) is 9.61. The van der Waals surface area contributed by atoms with Gasteiger partial charge in [-0.15, -0.1) is 0 Å². The van der Waals surface area contributed by atoms with Gasteiger partial charge in [-0.05, 0) is 19.8 Å². The van der Waals surface area contributed by atoms with Crippen LogP contribution in [0.2, 0.25) is 0 Å². The molecule has 0 bridgehead atoms. The maximum atomic E-state index is 11.6. The number of carbonyl (C=O) groups excluding carboxylic acids is 2. The highest BCUT2D eigenvalue weighted by Gasteiger charge is 2.57. The third kappa shape index (κ3) is 2.15. The molecule has 2 amide bonds. The molecule has 0 spiro atoms. The fraction of sp³-hybridized carbons (Fsp3) is 0.700. The quantitative estimate of drug-likeness (QED) is 0.632. The molecule has 1 fully saturated rings. The minimum atomic E-state index is -1.29. The summed E-state index contributed by atoms with van der Waals surface area (Å²) < 4.78 is 0. The summed E-state index contributed by atoms with van der Waals surface area (Å²) in [6.45, 7) is 1.54. The molecule has 0 radical (unpaired) electrons. The first-order valence-electron chi connectivity index (χ1n) is 5.07. The maximum absolute atomic E-state index is 11.6. The number of hydrogen-bond acceptors (Lipinski definition) is 3. The number of aliphatic carboxylic acids is 1. The summed E-state index contributed by atoms with van der Waals surface area (Å²) in [4.78, 5) is 35.3. The zero-order valence-corrected chi connectivity index (χ0v) is 9.61. The number of carboxylic acids is 1. The summed E-state index contributed by atoms with van der Waals surface area (Å²) in [5, 5.41) is 11.3. The summed E-state index contributed by atoms with van der Waals surface area (Å²) in [6.07, 6.45) is 0.689. The Morgan fingerprint density at radius 2 is 1.81 bits per heavy atom. The molecular weight excluding hydrogens is 212 g/mol. The Morgan fingerprint density at radius 1 is 1.31 bits per heavy atom. The van der Waals surface area contributed by atoms with E-state index in [2.05, 4.69) is 5.32 Å². The predicted molar refractivity (Wildman–Crippen MR) is 55.6 cm³/mol. The van der Waals surface area contributed by atoms with Crippen molar-refractivity contribution < 1.29 is 19.5 Å². The van der Waals surface area contributed by atoms with Crippen molar-refractivity contribution in [1.29, 1.82) is 0 Å². The van der Waals surface area contributed by atoms with Crippen LogP contribution in [0.25, 0.3) is 0 Å². The smallest absolute Gasteiger partial charge is 0.319 e. The largest absolute Gasteiger partial charge is 0.480 e. The highest BCUT2D eigenvalue weighted by atomic mass is 16.4. The third-order valence-corrected chi connectivity index (χ3v) is 2.75. The lowest BCUT2D eigenvalue weighted by atomic mass is 10.1. The Hall–Kier alpha value is -1.59. The van der Waals surface area contributed by atoms with Gasteiger partial charge in [0.1, 0.15) is 11.5 Å². The molecule has 1 atom stereocenters. The highest BCUT2D eigenvalue weighted by molar-refractivity contribution is 6.06. The standard InChI is InChI=1S/C10H16N2O4/c1-6(7(13)12(2)3)11-8(14)10(4-5-10)9(15)16/h6H,4-5H2,1-3H3,(H,11,14)(H,15,16). The lowest BCUT2D eigenvalue weighted by Gasteiger charge is -2.19. The van der Waals surface area contributed by atoms with Gasteiger partial charge in [-0.3, -0.25) is 14.4 Å². The van der Waals surface area contributed by atoms with Gasteiger partial charge in [0.2, 0.25) is 11.8 Å². The van der Waals surface area contributed by atoms with Crippen molar-refractivity contribution in [3.63, 3.8) is 0 Å². The lowest BCUT2D eigenvalue weighted by molar-refractivity contribution is -0.150. The average molecular weight is 228 g/mol. The number of carboxylic acid groups (broad SMARTS) is 1. The van der Waals surface area contributed by atoms with Crippen LogP contribution in [0.5, 0.6) is 0 Å². The third-order valence-electron chi connectivity index (χ3n) is 2.75. The average Bonchev–Trinajstić information content (AvgIpc) is 2.96. The van der Waals surface area contributed by atoms with E-state index >= 15 is 0 Å². The molecule has 0 aromatic rings. The van der Waals surface area contributed by atoms with Crippen molar-refractivity contribution in [2.45, 2.75) is 25.8 Å². The van der Waals surface area contributed by atoms with Gasteiger partial charge in [0.15, 0.2) is 0 Å². The monoisotopic (exact) mass is 228 g/mol. The molecule has 6 heteroatoms. The van der Waals surface area contributed by atoms with Crippen molar-refractivity contribution in [2.24, 2.45) is 5.41 Å². The van der Waals surface area contributed by atoms with Gasteiger partial charge in [-0.1, -0.05) is 0 Å². The minimum Gasteiger partial charge on any atom is -0.480 e. The predicted octanol–water partition coefficient (Wildman–Crippen LogP) is -0.556. The summed E-state index contributed by atoms with van der Waals surface area (Å²) in [6, 6.07) is -0.695. The van der Waals surface area contributed by atoms with Gasteiger partial charge in [0, 0.05) is 14.1 Å². The van der Waals surface area contributed by atoms with Crippen LogP contribution >= 0.6 is 0 Å². The van der Waals surface area contributed by atoms with Gasteiger partial charge in [-0.25, -0.2) is 0 Å². The molecule has 0 aromatic carbocycles. The van der Waals surface area contributed by atoms with Crippen molar-refractivity contribution in [3.8, 4) is 0 Å². The normalized spacial score (nSPS) is 18.4. The Morgan fingerprint density at radius 3 is 2.12 bits per heavy atom. The topological polar surface area (TPSA) is 86.7 Å². The van der Waals surface area contributed by atoms with Gasteiger partial charge in [0.25, 0.3) is 0 Å². The molecular formula is C10H16N2O4. The first-order chi connectivity index (χ1) is 7.31. The Balaban J connectivity index is 2.59. The number of hydrogen-bond donors (Lipinski definition) is 2. The summed E-state index contributed by atoms with van der Waals surface area (Å²) in [5.41, 5.74) is -1.29. The number of nitrogens with one attached hydrogen (secondary N) is 1. The number of likely N-dealkylation sites (N-methyl/N-ethyl adjacent to an activating group) is 1. The minimum absolute atomic E-state index is 0.255. The maximum Gasteiger partial charge on any atom is 0.319 e. The second-order valence-electron chi connectivity index (χ2n) is 4.32. The van der Waals surface area contributed by atoms with Crippen LogP contribution in [0.3, 0.4) is 0 Å². The van der Waals surface area contributed by atoms with Crippen molar-refractivity contribution >= 4 is 17.8 Å². The molecule has 16 heavy (non-hydrogen) atoms. The molecule has 90 valence electrons. The van der Waals surface area contributed by atoms with E-state index in [-0.39, 0.29) is 5.91 Å². The first-order valence-corrected chi connectivity index (χ1v) is 5.07. The van der Waals surface area contributed by atoms with Crippen LogP contribution in [0.1, 0.15) is 19.8 Å². The van der Waals surface area contributed by atoms with Gasteiger partial charge in [-0.2, -0.15) is 0 Å². The molecule has 0 heterocycles. The van der Waals surface area contributed by atoms with Gasteiger partial charge in [0.05, 0.1) is 0 Å². The van der Waals surface area contributed by atoms with E-state index in [1.807, 2.05) is 0 Å². The second kappa shape index (κ2) is 4.11.